The smallest absolute Gasteiger partial charge is 0.211 e. The van der Waals surface area contributed by atoms with Crippen molar-refractivity contribution in [2.75, 3.05) is 6.26 Å². The van der Waals surface area contributed by atoms with E-state index in [1.165, 1.54) is 0 Å². The summed E-state index contributed by atoms with van der Waals surface area (Å²) in [5.74, 6) is 0. The van der Waals surface area contributed by atoms with Crippen LogP contribution in [-0.2, 0) is 10.3 Å². The summed E-state index contributed by atoms with van der Waals surface area (Å²) in [6, 6.07) is 5.77. The van der Waals surface area contributed by atoms with E-state index in [4.69, 9.17) is 11.6 Å². The van der Waals surface area contributed by atoms with Crippen molar-refractivity contribution < 1.29 is 4.79 Å². The molecule has 1 aliphatic rings. The standard InChI is InChI=1S/C11H10ClNOS/c1-15-9-4-2-3-8(12)10(9)11(5-6-11)13-7-14/h2-4H,5-6H2,1H3. The fourth-order valence-corrected chi connectivity index (χ4v) is 2.87. The number of thioether (sulfide) groups is 1. The van der Waals surface area contributed by atoms with Gasteiger partial charge in [0.05, 0.1) is 0 Å². The van der Waals surface area contributed by atoms with Crippen LogP contribution in [0.2, 0.25) is 5.02 Å². The van der Waals surface area contributed by atoms with E-state index in [9.17, 15) is 4.79 Å². The summed E-state index contributed by atoms with van der Waals surface area (Å²) in [6.45, 7) is 0. The molecule has 0 atom stereocenters. The number of carbonyl (C=O) groups excluding carboxylic acids is 1. The Hall–Kier alpha value is -0.760. The number of nitrogens with zero attached hydrogens (tertiary/aromatic N) is 1. The van der Waals surface area contributed by atoms with E-state index in [1.54, 1.807) is 17.8 Å². The van der Waals surface area contributed by atoms with Crippen molar-refractivity contribution in [1.82, 2.24) is 0 Å². The quantitative estimate of drug-likeness (QED) is 0.460. The van der Waals surface area contributed by atoms with Crippen molar-refractivity contribution in [1.29, 1.82) is 0 Å². The molecule has 0 aliphatic heterocycles. The molecular formula is C11H10ClNOS. The minimum Gasteiger partial charge on any atom is -0.211 e. The van der Waals surface area contributed by atoms with Crippen LogP contribution in [0.3, 0.4) is 0 Å². The molecular weight excluding hydrogens is 230 g/mol. The lowest BCUT2D eigenvalue weighted by molar-refractivity contribution is 0.555. The van der Waals surface area contributed by atoms with Crippen LogP contribution in [0, 0.1) is 0 Å². The topological polar surface area (TPSA) is 29.4 Å². The highest BCUT2D eigenvalue weighted by molar-refractivity contribution is 7.98. The number of benzene rings is 1. The third-order valence-corrected chi connectivity index (χ3v) is 3.74. The maximum absolute atomic E-state index is 10.4. The van der Waals surface area contributed by atoms with Crippen LogP contribution in [0.25, 0.3) is 0 Å². The Morgan fingerprint density at radius 2 is 2.27 bits per heavy atom. The van der Waals surface area contributed by atoms with Gasteiger partial charge in [-0.25, -0.2) is 4.79 Å². The molecule has 4 heteroatoms. The first-order valence-corrected chi connectivity index (χ1v) is 6.26. The molecule has 1 fully saturated rings. The Kier molecular flexibility index (Phi) is 2.87. The second-order valence-electron chi connectivity index (χ2n) is 3.55. The van der Waals surface area contributed by atoms with Gasteiger partial charge >= 0.3 is 0 Å². The minimum atomic E-state index is -0.377. The third kappa shape index (κ3) is 1.83. The number of rotatable bonds is 3. The second-order valence-corrected chi connectivity index (χ2v) is 4.81. The second kappa shape index (κ2) is 4.01. The van der Waals surface area contributed by atoms with Crippen LogP contribution in [-0.4, -0.2) is 12.3 Å². The van der Waals surface area contributed by atoms with Crippen molar-refractivity contribution in [2.45, 2.75) is 23.3 Å². The van der Waals surface area contributed by atoms with Gasteiger partial charge in [0.1, 0.15) is 5.54 Å². The first-order valence-electron chi connectivity index (χ1n) is 4.65. The molecule has 0 spiro atoms. The first-order chi connectivity index (χ1) is 7.23. The number of halogens is 1. The van der Waals surface area contributed by atoms with E-state index in [0.717, 1.165) is 23.3 Å². The lowest BCUT2D eigenvalue weighted by Crippen LogP contribution is -2.05. The number of isocyanates is 1. The molecule has 0 N–H and O–H groups in total. The van der Waals surface area contributed by atoms with Gasteiger partial charge in [0.2, 0.25) is 6.08 Å². The Labute approximate surface area is 97.7 Å². The number of aliphatic imine (C=N–C) groups is 1. The lowest BCUT2D eigenvalue weighted by atomic mass is 10.1. The van der Waals surface area contributed by atoms with Crippen LogP contribution in [0.15, 0.2) is 28.1 Å². The molecule has 0 bridgehead atoms. The van der Waals surface area contributed by atoms with Crippen LogP contribution >= 0.6 is 23.4 Å². The first kappa shape index (κ1) is 10.7. The number of hydrogen-bond acceptors (Lipinski definition) is 3. The van der Waals surface area contributed by atoms with Crippen LogP contribution in [0.1, 0.15) is 18.4 Å². The number of hydrogen-bond donors (Lipinski definition) is 0. The molecule has 1 aliphatic carbocycles. The zero-order valence-electron chi connectivity index (χ0n) is 8.29. The average molecular weight is 240 g/mol. The minimum absolute atomic E-state index is 0.377. The summed E-state index contributed by atoms with van der Waals surface area (Å²) < 4.78 is 0. The maximum atomic E-state index is 10.4. The Bertz CT molecular complexity index is 436. The summed E-state index contributed by atoms with van der Waals surface area (Å²) in [6.07, 6.45) is 5.43. The zero-order chi connectivity index (χ0) is 10.9. The van der Waals surface area contributed by atoms with Gasteiger partial charge in [-0.1, -0.05) is 17.7 Å². The van der Waals surface area contributed by atoms with Crippen molar-refractivity contribution >= 4 is 29.4 Å². The van der Waals surface area contributed by atoms with Crippen LogP contribution < -0.4 is 0 Å². The van der Waals surface area contributed by atoms with Gasteiger partial charge in [0.25, 0.3) is 0 Å². The van der Waals surface area contributed by atoms with Crippen molar-refractivity contribution in [2.24, 2.45) is 4.99 Å². The molecule has 1 aromatic rings. The Morgan fingerprint density at radius 1 is 1.53 bits per heavy atom. The van der Waals surface area contributed by atoms with E-state index in [-0.39, 0.29) is 5.54 Å². The fourth-order valence-electron chi connectivity index (χ4n) is 1.75. The molecule has 0 unspecified atom stereocenters. The van der Waals surface area contributed by atoms with Gasteiger partial charge in [0, 0.05) is 15.5 Å². The summed E-state index contributed by atoms with van der Waals surface area (Å²) in [7, 11) is 0. The van der Waals surface area contributed by atoms with Crippen LogP contribution in [0.4, 0.5) is 0 Å². The molecule has 1 aromatic carbocycles. The van der Waals surface area contributed by atoms with Crippen molar-refractivity contribution in [3.8, 4) is 0 Å². The fraction of sp³-hybridized carbons (Fsp3) is 0.364. The SMILES string of the molecule is CSc1cccc(Cl)c1C1(N=C=O)CC1. The Morgan fingerprint density at radius 3 is 2.80 bits per heavy atom. The largest absolute Gasteiger partial charge is 0.235 e. The molecule has 0 radical (unpaired) electrons. The van der Waals surface area contributed by atoms with Gasteiger partial charge in [-0.15, -0.1) is 11.8 Å². The molecule has 78 valence electrons. The maximum Gasteiger partial charge on any atom is 0.235 e. The summed E-state index contributed by atoms with van der Waals surface area (Å²) in [5.41, 5.74) is 0.612. The summed E-state index contributed by atoms with van der Waals surface area (Å²) >= 11 is 7.79. The molecule has 0 amide bonds. The zero-order valence-corrected chi connectivity index (χ0v) is 9.86. The molecule has 0 saturated heterocycles. The normalized spacial score (nSPS) is 16.9. The van der Waals surface area contributed by atoms with Crippen molar-refractivity contribution in [3.63, 3.8) is 0 Å². The summed E-state index contributed by atoms with van der Waals surface area (Å²) in [5, 5.41) is 0.693. The monoisotopic (exact) mass is 239 g/mol. The molecule has 2 rings (SSSR count). The predicted octanol–water partition coefficient (Wildman–Crippen LogP) is 3.39. The highest BCUT2D eigenvalue weighted by Gasteiger charge is 2.47. The third-order valence-electron chi connectivity index (χ3n) is 2.64. The highest BCUT2D eigenvalue weighted by atomic mass is 35.5. The van der Waals surface area contributed by atoms with E-state index >= 15 is 0 Å². The van der Waals surface area contributed by atoms with E-state index in [2.05, 4.69) is 4.99 Å². The van der Waals surface area contributed by atoms with E-state index in [0.29, 0.717) is 5.02 Å². The van der Waals surface area contributed by atoms with E-state index < -0.39 is 0 Å². The van der Waals surface area contributed by atoms with Gasteiger partial charge < -0.3 is 0 Å². The summed E-state index contributed by atoms with van der Waals surface area (Å²) in [4.78, 5) is 15.4. The van der Waals surface area contributed by atoms with Gasteiger partial charge in [0.15, 0.2) is 0 Å². The lowest BCUT2D eigenvalue weighted by Gasteiger charge is -2.14. The van der Waals surface area contributed by atoms with Gasteiger partial charge in [-0.05, 0) is 31.2 Å². The molecule has 2 nitrogen and oxygen atoms in total. The van der Waals surface area contributed by atoms with Crippen LogP contribution in [0.5, 0.6) is 0 Å². The molecule has 1 saturated carbocycles. The van der Waals surface area contributed by atoms with Crippen molar-refractivity contribution in [3.05, 3.63) is 28.8 Å². The predicted molar refractivity (Wildman–Crippen MR) is 62.3 cm³/mol. The average Bonchev–Trinajstić information content (AvgIpc) is 2.98. The molecule has 15 heavy (non-hydrogen) atoms. The Balaban J connectivity index is 2.56. The van der Waals surface area contributed by atoms with E-state index in [1.807, 2.05) is 24.5 Å². The van der Waals surface area contributed by atoms with Gasteiger partial charge in [-0.2, -0.15) is 4.99 Å². The highest BCUT2D eigenvalue weighted by Crippen LogP contribution is 2.53. The molecule has 0 aromatic heterocycles. The molecule has 0 heterocycles. The van der Waals surface area contributed by atoms with Gasteiger partial charge in [-0.3, -0.25) is 0 Å².